The summed E-state index contributed by atoms with van der Waals surface area (Å²) in [6.45, 7) is 6.42. The zero-order valence-electron chi connectivity index (χ0n) is 27.5. The van der Waals surface area contributed by atoms with Crippen molar-refractivity contribution < 1.29 is 38.4 Å². The molecule has 4 aliphatic rings. The van der Waals surface area contributed by atoms with Crippen molar-refractivity contribution in [3.63, 3.8) is 0 Å². The number of benzene rings is 2. The number of aliphatic carboxylic acids is 1. The molecule has 47 heavy (non-hydrogen) atoms. The van der Waals surface area contributed by atoms with Crippen LogP contribution in [0.1, 0.15) is 52.4 Å². The molecule has 0 spiro atoms. The van der Waals surface area contributed by atoms with Crippen LogP contribution < -0.4 is 15.4 Å². The molecule has 3 aliphatic carbocycles. The number of anilines is 1. The Hall–Kier alpha value is -3.47. The van der Waals surface area contributed by atoms with Gasteiger partial charge in [-0.05, 0) is 79.9 Å². The summed E-state index contributed by atoms with van der Waals surface area (Å²) in [4.78, 5) is 36.5. The van der Waals surface area contributed by atoms with Gasteiger partial charge < -0.3 is 34.7 Å². The molecule has 10 heteroatoms. The standard InChI is InChI=1S/C37H48N2O8/c1-36-15-13-28-26(9-12-32-37(28,2)16-14-33(40)39-32)27(36)10-11-29(36)35(43)38-30-7-3-6-25-24(30)5-4-8-31(25)47-22-21-45-18-17-44-19-20-46-23-34(41)42/h3-8,14,16,26-29,32H,9-13,15,17-23H2,1-2H3,(H,38,43)(H,39,40)(H,41,42)/t26-,27-,28-,29+,32+,36-,37+/m0/s1. The number of hydrogen-bond acceptors (Lipinski definition) is 7. The van der Waals surface area contributed by atoms with Gasteiger partial charge in [-0.2, -0.15) is 0 Å². The second-order valence-electron chi connectivity index (χ2n) is 14.1. The van der Waals surface area contributed by atoms with Crippen molar-refractivity contribution in [2.75, 3.05) is 51.6 Å². The van der Waals surface area contributed by atoms with Gasteiger partial charge in [-0.1, -0.05) is 44.2 Å². The molecule has 2 amide bonds. The van der Waals surface area contributed by atoms with E-state index < -0.39 is 5.97 Å². The lowest BCUT2D eigenvalue weighted by Gasteiger charge is -2.58. The van der Waals surface area contributed by atoms with Crippen LogP contribution in [0.4, 0.5) is 5.69 Å². The van der Waals surface area contributed by atoms with Gasteiger partial charge >= 0.3 is 5.97 Å². The molecule has 0 aromatic heterocycles. The summed E-state index contributed by atoms with van der Waals surface area (Å²) in [5, 5.41) is 17.0. The molecule has 3 saturated carbocycles. The zero-order chi connectivity index (χ0) is 33.0. The molecule has 0 bridgehead atoms. The molecular formula is C37H48N2O8. The molecule has 3 N–H and O–H groups in total. The van der Waals surface area contributed by atoms with E-state index >= 15 is 0 Å². The largest absolute Gasteiger partial charge is 0.491 e. The zero-order valence-corrected chi connectivity index (χ0v) is 27.5. The maximum atomic E-state index is 14.0. The number of carboxylic acids is 1. The van der Waals surface area contributed by atoms with Crippen molar-refractivity contribution in [2.45, 2.75) is 58.4 Å². The van der Waals surface area contributed by atoms with E-state index in [4.69, 9.17) is 24.1 Å². The fraction of sp³-hybridized carbons (Fsp3) is 0.595. The van der Waals surface area contributed by atoms with Gasteiger partial charge in [0.15, 0.2) is 0 Å². The van der Waals surface area contributed by atoms with Crippen LogP contribution in [0.5, 0.6) is 5.75 Å². The van der Waals surface area contributed by atoms with E-state index in [1.165, 1.54) is 0 Å². The summed E-state index contributed by atoms with van der Waals surface area (Å²) >= 11 is 0. The van der Waals surface area contributed by atoms with E-state index in [1.54, 1.807) is 6.08 Å². The Kier molecular flexibility index (Phi) is 10.2. The second-order valence-corrected chi connectivity index (χ2v) is 14.1. The Bertz CT molecular complexity index is 1490. The van der Waals surface area contributed by atoms with E-state index in [1.807, 2.05) is 36.4 Å². The molecule has 0 saturated heterocycles. The van der Waals surface area contributed by atoms with Crippen LogP contribution in [0.15, 0.2) is 48.6 Å². The van der Waals surface area contributed by atoms with Crippen molar-refractivity contribution in [1.82, 2.24) is 5.32 Å². The maximum Gasteiger partial charge on any atom is 0.329 e. The lowest BCUT2D eigenvalue weighted by Crippen LogP contribution is -2.59. The van der Waals surface area contributed by atoms with E-state index in [-0.39, 0.29) is 47.8 Å². The Morgan fingerprint density at radius 2 is 1.60 bits per heavy atom. The van der Waals surface area contributed by atoms with Crippen LogP contribution in [-0.4, -0.2) is 75.2 Å². The summed E-state index contributed by atoms with van der Waals surface area (Å²) in [6, 6.07) is 12.0. The minimum absolute atomic E-state index is 0.0108. The lowest BCUT2D eigenvalue weighted by molar-refractivity contribution is -0.142. The maximum absolute atomic E-state index is 14.0. The molecule has 2 aromatic rings. The first-order valence-electron chi connectivity index (χ1n) is 17.1. The van der Waals surface area contributed by atoms with Gasteiger partial charge in [0.2, 0.25) is 11.8 Å². The normalized spacial score (nSPS) is 31.0. The van der Waals surface area contributed by atoms with Gasteiger partial charge in [-0.25, -0.2) is 4.79 Å². The number of rotatable bonds is 14. The molecule has 0 radical (unpaired) electrons. The number of carbonyl (C=O) groups excluding carboxylic acids is 2. The van der Waals surface area contributed by atoms with Gasteiger partial charge in [0, 0.05) is 33.8 Å². The highest BCUT2D eigenvalue weighted by atomic mass is 16.6. The minimum Gasteiger partial charge on any atom is -0.491 e. The summed E-state index contributed by atoms with van der Waals surface area (Å²) < 4.78 is 22.0. The summed E-state index contributed by atoms with van der Waals surface area (Å²) in [6.07, 6.45) is 10.1. The molecule has 2 aromatic carbocycles. The van der Waals surface area contributed by atoms with Crippen LogP contribution in [0.2, 0.25) is 0 Å². The average Bonchev–Trinajstić information content (AvgIpc) is 3.41. The number of fused-ring (bicyclic) bond motifs is 6. The van der Waals surface area contributed by atoms with Crippen LogP contribution in [0, 0.1) is 34.5 Å². The highest BCUT2D eigenvalue weighted by Crippen LogP contribution is 2.65. The van der Waals surface area contributed by atoms with Crippen LogP contribution in [-0.2, 0) is 28.6 Å². The second kappa shape index (κ2) is 14.3. The lowest BCUT2D eigenvalue weighted by atomic mass is 9.48. The average molecular weight is 649 g/mol. The van der Waals surface area contributed by atoms with Crippen LogP contribution in [0.25, 0.3) is 10.8 Å². The number of carbonyl (C=O) groups is 3. The van der Waals surface area contributed by atoms with Crippen LogP contribution in [0.3, 0.4) is 0 Å². The molecular weight excluding hydrogens is 600 g/mol. The first-order valence-corrected chi connectivity index (χ1v) is 17.1. The molecule has 3 fully saturated rings. The van der Waals surface area contributed by atoms with Crippen molar-refractivity contribution in [2.24, 2.45) is 34.5 Å². The topological polar surface area (TPSA) is 132 Å². The third kappa shape index (κ3) is 6.91. The van der Waals surface area contributed by atoms with E-state index in [0.29, 0.717) is 50.8 Å². The molecule has 0 unspecified atom stereocenters. The highest BCUT2D eigenvalue weighted by molar-refractivity contribution is 6.04. The first kappa shape index (κ1) is 33.4. The highest BCUT2D eigenvalue weighted by Gasteiger charge is 2.60. The Labute approximate surface area is 276 Å². The van der Waals surface area contributed by atoms with Crippen molar-refractivity contribution in [1.29, 1.82) is 0 Å². The predicted octanol–water partition coefficient (Wildman–Crippen LogP) is 5.20. The van der Waals surface area contributed by atoms with Crippen LogP contribution >= 0.6 is 0 Å². The molecule has 7 atom stereocenters. The van der Waals surface area contributed by atoms with Crippen molar-refractivity contribution >= 4 is 34.2 Å². The predicted molar refractivity (Wildman–Crippen MR) is 177 cm³/mol. The molecule has 1 aliphatic heterocycles. The van der Waals surface area contributed by atoms with E-state index in [2.05, 4.69) is 30.6 Å². The number of ether oxygens (including phenoxy) is 4. The van der Waals surface area contributed by atoms with Gasteiger partial charge in [0.25, 0.3) is 0 Å². The number of carboxylic acid groups (broad SMARTS) is 1. The van der Waals surface area contributed by atoms with Gasteiger partial charge in [-0.15, -0.1) is 0 Å². The Morgan fingerprint density at radius 1 is 0.872 bits per heavy atom. The quantitative estimate of drug-likeness (QED) is 0.238. The smallest absolute Gasteiger partial charge is 0.329 e. The van der Waals surface area contributed by atoms with E-state index in [9.17, 15) is 14.4 Å². The van der Waals surface area contributed by atoms with Crippen molar-refractivity contribution in [3.05, 3.63) is 48.6 Å². The monoisotopic (exact) mass is 648 g/mol. The number of nitrogens with one attached hydrogen (secondary N) is 2. The fourth-order valence-corrected chi connectivity index (χ4v) is 9.31. The Morgan fingerprint density at radius 3 is 2.38 bits per heavy atom. The van der Waals surface area contributed by atoms with Gasteiger partial charge in [-0.3, -0.25) is 9.59 Å². The fourth-order valence-electron chi connectivity index (χ4n) is 9.31. The summed E-state index contributed by atoms with van der Waals surface area (Å²) in [7, 11) is 0. The van der Waals surface area contributed by atoms with E-state index in [0.717, 1.165) is 60.7 Å². The third-order valence-electron chi connectivity index (χ3n) is 11.6. The van der Waals surface area contributed by atoms with Crippen molar-refractivity contribution in [3.8, 4) is 5.75 Å². The third-order valence-corrected chi connectivity index (χ3v) is 11.6. The Balaban J connectivity index is 1.03. The number of amides is 2. The molecule has 6 rings (SSSR count). The minimum atomic E-state index is -1.00. The molecule has 10 nitrogen and oxygen atoms in total. The molecule has 1 heterocycles. The first-order chi connectivity index (χ1) is 22.7. The molecule has 254 valence electrons. The SMILES string of the molecule is C[C@]12C=CC(=O)N[C@@H]1CC[C@@H]1[C@@H]2CC[C@]2(C)[C@@H](C(=O)Nc3cccc4c(OCCOCCOCCOCC(=O)O)cccc34)CC[C@@H]12. The van der Waals surface area contributed by atoms with Gasteiger partial charge in [0.05, 0.1) is 33.0 Å². The summed E-state index contributed by atoms with van der Waals surface area (Å²) in [5.41, 5.74) is 0.757. The summed E-state index contributed by atoms with van der Waals surface area (Å²) in [5.74, 6) is 1.46. The van der Waals surface area contributed by atoms with Gasteiger partial charge in [0.1, 0.15) is 19.0 Å². The number of hydrogen-bond donors (Lipinski definition) is 3.